The third-order valence-corrected chi connectivity index (χ3v) is 4.26. The fourth-order valence-corrected chi connectivity index (χ4v) is 2.80. The zero-order valence-electron chi connectivity index (χ0n) is 13.7. The maximum atomic E-state index is 4.35. The summed E-state index contributed by atoms with van der Waals surface area (Å²) in [6, 6.07) is 5.54. The van der Waals surface area contributed by atoms with E-state index < -0.39 is 0 Å². The van der Waals surface area contributed by atoms with Crippen molar-refractivity contribution in [2.24, 2.45) is 0 Å². The Labute approximate surface area is 129 Å². The molecule has 0 atom stereocenters. The SMILES string of the molecule is Cc1ccc(NCCCNC2CCN(C(C)C)CC2)nc1. The van der Waals surface area contributed by atoms with Crippen molar-refractivity contribution in [2.45, 2.75) is 52.1 Å². The Morgan fingerprint density at radius 3 is 2.62 bits per heavy atom. The average Bonchev–Trinajstić information content (AvgIpc) is 2.49. The van der Waals surface area contributed by atoms with Gasteiger partial charge >= 0.3 is 0 Å². The number of aryl methyl sites for hydroxylation is 1. The number of pyridine rings is 1. The number of anilines is 1. The van der Waals surface area contributed by atoms with Crippen LogP contribution in [0.5, 0.6) is 0 Å². The van der Waals surface area contributed by atoms with Crippen LogP contribution in [0.15, 0.2) is 18.3 Å². The van der Waals surface area contributed by atoms with Gasteiger partial charge in [-0.15, -0.1) is 0 Å². The molecular formula is C17H30N4. The molecule has 1 aliphatic heterocycles. The minimum atomic E-state index is 0.692. The minimum absolute atomic E-state index is 0.692. The van der Waals surface area contributed by atoms with Crippen molar-refractivity contribution >= 4 is 5.82 Å². The molecule has 1 aliphatic rings. The van der Waals surface area contributed by atoms with Crippen LogP contribution in [0.1, 0.15) is 38.7 Å². The Balaban J connectivity index is 1.53. The Morgan fingerprint density at radius 2 is 2.00 bits per heavy atom. The zero-order chi connectivity index (χ0) is 15.1. The van der Waals surface area contributed by atoms with Crippen LogP contribution < -0.4 is 10.6 Å². The summed E-state index contributed by atoms with van der Waals surface area (Å²) in [5.74, 6) is 0.978. The van der Waals surface area contributed by atoms with Crippen LogP contribution in [0, 0.1) is 6.92 Å². The molecule has 4 nitrogen and oxygen atoms in total. The largest absolute Gasteiger partial charge is 0.370 e. The lowest BCUT2D eigenvalue weighted by Crippen LogP contribution is -2.45. The zero-order valence-corrected chi connectivity index (χ0v) is 13.7. The van der Waals surface area contributed by atoms with Crippen molar-refractivity contribution in [1.82, 2.24) is 15.2 Å². The Kier molecular flexibility index (Phi) is 6.46. The molecular weight excluding hydrogens is 260 g/mol. The lowest BCUT2D eigenvalue weighted by atomic mass is 10.0. The van der Waals surface area contributed by atoms with Crippen LogP contribution in [0.2, 0.25) is 0 Å². The standard InChI is InChI=1S/C17H30N4/c1-14(2)21-11-7-16(8-12-21)18-9-4-10-19-17-6-5-15(3)13-20-17/h5-6,13-14,16,18H,4,7-12H2,1-3H3,(H,19,20). The first-order chi connectivity index (χ1) is 10.1. The fourth-order valence-electron chi connectivity index (χ4n) is 2.80. The van der Waals surface area contributed by atoms with Gasteiger partial charge in [0.1, 0.15) is 5.82 Å². The number of nitrogens with zero attached hydrogens (tertiary/aromatic N) is 2. The minimum Gasteiger partial charge on any atom is -0.370 e. The lowest BCUT2D eigenvalue weighted by molar-refractivity contribution is 0.161. The highest BCUT2D eigenvalue weighted by Crippen LogP contribution is 2.12. The summed E-state index contributed by atoms with van der Waals surface area (Å²) in [5, 5.41) is 7.06. The summed E-state index contributed by atoms with van der Waals surface area (Å²) in [7, 11) is 0. The summed E-state index contributed by atoms with van der Waals surface area (Å²) in [4.78, 5) is 6.93. The van der Waals surface area contributed by atoms with Crippen molar-refractivity contribution in [3.8, 4) is 0 Å². The molecule has 0 saturated carbocycles. The Hall–Kier alpha value is -1.13. The van der Waals surface area contributed by atoms with Gasteiger partial charge in [0.05, 0.1) is 0 Å². The fraction of sp³-hybridized carbons (Fsp3) is 0.706. The first kappa shape index (κ1) is 16.2. The number of aromatic nitrogens is 1. The molecule has 1 aromatic rings. The van der Waals surface area contributed by atoms with Gasteiger partial charge in [0.2, 0.25) is 0 Å². The van der Waals surface area contributed by atoms with Crippen LogP contribution >= 0.6 is 0 Å². The second kappa shape index (κ2) is 8.35. The number of hydrogen-bond acceptors (Lipinski definition) is 4. The Morgan fingerprint density at radius 1 is 1.24 bits per heavy atom. The highest BCUT2D eigenvalue weighted by molar-refractivity contribution is 5.34. The molecule has 0 spiro atoms. The van der Waals surface area contributed by atoms with Gasteiger partial charge in [-0.05, 0) is 71.3 Å². The molecule has 0 bridgehead atoms. The summed E-state index contributed by atoms with van der Waals surface area (Å²) < 4.78 is 0. The van der Waals surface area contributed by atoms with Crippen LogP contribution in [-0.2, 0) is 0 Å². The first-order valence-corrected chi connectivity index (χ1v) is 8.29. The number of hydrogen-bond donors (Lipinski definition) is 2. The third kappa shape index (κ3) is 5.64. The highest BCUT2D eigenvalue weighted by Gasteiger charge is 2.19. The summed E-state index contributed by atoms with van der Waals surface area (Å²) in [6.07, 6.45) is 5.61. The molecule has 2 heterocycles. The Bertz CT molecular complexity index is 394. The molecule has 0 aliphatic carbocycles. The third-order valence-electron chi connectivity index (χ3n) is 4.26. The van der Waals surface area contributed by atoms with Gasteiger partial charge in [-0.25, -0.2) is 4.98 Å². The number of nitrogens with one attached hydrogen (secondary N) is 2. The van der Waals surface area contributed by atoms with Gasteiger partial charge < -0.3 is 15.5 Å². The second-order valence-corrected chi connectivity index (χ2v) is 6.36. The van der Waals surface area contributed by atoms with E-state index in [4.69, 9.17) is 0 Å². The highest BCUT2D eigenvalue weighted by atomic mass is 15.2. The lowest BCUT2D eigenvalue weighted by Gasteiger charge is -2.35. The van der Waals surface area contributed by atoms with E-state index in [9.17, 15) is 0 Å². The van der Waals surface area contributed by atoms with E-state index in [1.807, 2.05) is 12.3 Å². The van der Waals surface area contributed by atoms with E-state index in [0.717, 1.165) is 25.3 Å². The molecule has 2 N–H and O–H groups in total. The van der Waals surface area contributed by atoms with Gasteiger partial charge in [-0.2, -0.15) is 0 Å². The van der Waals surface area contributed by atoms with Gasteiger partial charge in [-0.1, -0.05) is 6.07 Å². The molecule has 118 valence electrons. The van der Waals surface area contributed by atoms with Crippen molar-refractivity contribution in [2.75, 3.05) is 31.5 Å². The van der Waals surface area contributed by atoms with E-state index in [1.165, 1.54) is 31.5 Å². The molecule has 2 rings (SSSR count). The monoisotopic (exact) mass is 290 g/mol. The van der Waals surface area contributed by atoms with Crippen molar-refractivity contribution in [3.05, 3.63) is 23.9 Å². The van der Waals surface area contributed by atoms with E-state index in [-0.39, 0.29) is 0 Å². The van der Waals surface area contributed by atoms with Crippen molar-refractivity contribution in [3.63, 3.8) is 0 Å². The molecule has 1 saturated heterocycles. The van der Waals surface area contributed by atoms with Crippen molar-refractivity contribution < 1.29 is 0 Å². The maximum absolute atomic E-state index is 4.35. The molecule has 4 heteroatoms. The van der Waals surface area contributed by atoms with Crippen LogP contribution in [0.3, 0.4) is 0 Å². The van der Waals surface area contributed by atoms with Gasteiger partial charge in [0, 0.05) is 24.8 Å². The second-order valence-electron chi connectivity index (χ2n) is 6.36. The molecule has 1 aromatic heterocycles. The normalized spacial score (nSPS) is 17.3. The number of piperidine rings is 1. The van der Waals surface area contributed by atoms with E-state index in [1.54, 1.807) is 0 Å². The first-order valence-electron chi connectivity index (χ1n) is 8.29. The molecule has 0 radical (unpaired) electrons. The van der Waals surface area contributed by atoms with Gasteiger partial charge in [0.25, 0.3) is 0 Å². The predicted molar refractivity (Wildman–Crippen MR) is 89.8 cm³/mol. The molecule has 0 amide bonds. The quantitative estimate of drug-likeness (QED) is 0.758. The topological polar surface area (TPSA) is 40.2 Å². The number of rotatable bonds is 7. The van der Waals surface area contributed by atoms with Gasteiger partial charge in [-0.3, -0.25) is 0 Å². The number of likely N-dealkylation sites (tertiary alicyclic amines) is 1. The summed E-state index contributed by atoms with van der Waals surface area (Å²) >= 11 is 0. The summed E-state index contributed by atoms with van der Waals surface area (Å²) in [5.41, 5.74) is 1.20. The van der Waals surface area contributed by atoms with Crippen LogP contribution in [0.4, 0.5) is 5.82 Å². The maximum Gasteiger partial charge on any atom is 0.125 e. The van der Waals surface area contributed by atoms with Crippen molar-refractivity contribution in [1.29, 1.82) is 0 Å². The van der Waals surface area contributed by atoms with E-state index in [0.29, 0.717) is 12.1 Å². The van der Waals surface area contributed by atoms with E-state index >= 15 is 0 Å². The summed E-state index contributed by atoms with van der Waals surface area (Å²) in [6.45, 7) is 11.2. The molecule has 1 fully saturated rings. The average molecular weight is 290 g/mol. The molecule has 0 unspecified atom stereocenters. The molecule has 21 heavy (non-hydrogen) atoms. The van der Waals surface area contributed by atoms with E-state index in [2.05, 4.69) is 47.4 Å². The predicted octanol–water partition coefficient (Wildman–Crippen LogP) is 2.65. The smallest absolute Gasteiger partial charge is 0.125 e. The van der Waals surface area contributed by atoms with Gasteiger partial charge in [0.15, 0.2) is 0 Å². The van der Waals surface area contributed by atoms with Crippen LogP contribution in [0.25, 0.3) is 0 Å². The molecule has 0 aromatic carbocycles. The van der Waals surface area contributed by atoms with Crippen LogP contribution in [-0.4, -0.2) is 48.1 Å².